The molecule has 0 saturated heterocycles. The summed E-state index contributed by atoms with van der Waals surface area (Å²) in [4.78, 5) is 4.09. The molecule has 0 N–H and O–H groups in total. The summed E-state index contributed by atoms with van der Waals surface area (Å²) >= 11 is 0. The molecule has 0 aliphatic rings. The van der Waals surface area contributed by atoms with Crippen molar-refractivity contribution in [3.8, 4) is 0 Å². The van der Waals surface area contributed by atoms with Crippen molar-refractivity contribution in [1.29, 1.82) is 0 Å². The number of hydrogen-bond acceptors (Lipinski definition) is 1. The highest BCUT2D eigenvalue weighted by Gasteiger charge is 1.76. The lowest BCUT2D eigenvalue weighted by Gasteiger charge is -1.86. The Morgan fingerprint density at radius 3 is 2.82 bits per heavy atom. The van der Waals surface area contributed by atoms with Gasteiger partial charge in [0, 0.05) is 12.4 Å². The minimum Gasteiger partial charge on any atom is -0.269 e. The predicted octanol–water partition coefficient (Wildman–Crippen LogP) is 3.34. The molecule has 0 spiro atoms. The van der Waals surface area contributed by atoms with E-state index in [-0.39, 0.29) is 0 Å². The third-order valence-electron chi connectivity index (χ3n) is 1.18. The maximum Gasteiger partial charge on any atom is 0.0227 e. The Labute approximate surface area is 69.5 Å². The number of hydrogen-bond donors (Lipinski definition) is 0. The smallest absolute Gasteiger partial charge is 0.0227 e. The van der Waals surface area contributed by atoms with Gasteiger partial charge in [0.05, 0.1) is 0 Å². The van der Waals surface area contributed by atoms with E-state index in [1.54, 1.807) is 0 Å². The van der Waals surface area contributed by atoms with Gasteiger partial charge in [-0.15, -0.1) is 0 Å². The second-order valence-corrected chi connectivity index (χ2v) is 2.67. The normalized spacial score (nSPS) is 11.5. The van der Waals surface area contributed by atoms with Gasteiger partial charge < -0.3 is 0 Å². The fraction of sp³-hybridized carbons (Fsp3) is 0.500. The van der Waals surface area contributed by atoms with Gasteiger partial charge in [-0.3, -0.25) is 4.99 Å². The van der Waals surface area contributed by atoms with Crippen LogP contribution in [0.5, 0.6) is 0 Å². The van der Waals surface area contributed by atoms with Gasteiger partial charge in [0.15, 0.2) is 0 Å². The SMILES string of the molecule is C=C(C)C/C=C\N=C\CCC. The predicted molar refractivity (Wildman–Crippen MR) is 52.0 cm³/mol. The molecule has 0 aliphatic heterocycles. The summed E-state index contributed by atoms with van der Waals surface area (Å²) in [5.74, 6) is 0. The van der Waals surface area contributed by atoms with Crippen LogP contribution in [-0.2, 0) is 0 Å². The molecule has 0 amide bonds. The van der Waals surface area contributed by atoms with Crippen molar-refractivity contribution in [2.75, 3.05) is 0 Å². The Balaban J connectivity index is 3.36. The first-order chi connectivity index (χ1) is 5.27. The Morgan fingerprint density at radius 2 is 2.27 bits per heavy atom. The lowest BCUT2D eigenvalue weighted by molar-refractivity contribution is 1.01. The van der Waals surface area contributed by atoms with E-state index in [9.17, 15) is 0 Å². The van der Waals surface area contributed by atoms with Crippen LogP contribution < -0.4 is 0 Å². The molecule has 0 aliphatic carbocycles. The molecule has 0 unspecified atom stereocenters. The minimum absolute atomic E-state index is 0.934. The van der Waals surface area contributed by atoms with E-state index >= 15 is 0 Å². The molecule has 0 saturated carbocycles. The van der Waals surface area contributed by atoms with E-state index < -0.39 is 0 Å². The lowest BCUT2D eigenvalue weighted by atomic mass is 10.2. The Morgan fingerprint density at radius 1 is 1.55 bits per heavy atom. The molecule has 0 rings (SSSR count). The van der Waals surface area contributed by atoms with Crippen molar-refractivity contribution in [3.05, 3.63) is 24.4 Å². The fourth-order valence-corrected chi connectivity index (χ4v) is 0.579. The van der Waals surface area contributed by atoms with Crippen LogP contribution in [0, 0.1) is 0 Å². The quantitative estimate of drug-likeness (QED) is 0.422. The van der Waals surface area contributed by atoms with Gasteiger partial charge in [-0.05, 0) is 19.8 Å². The van der Waals surface area contributed by atoms with Crippen LogP contribution in [0.4, 0.5) is 0 Å². The van der Waals surface area contributed by atoms with Gasteiger partial charge in [0.25, 0.3) is 0 Å². The molecule has 0 heterocycles. The summed E-state index contributed by atoms with van der Waals surface area (Å²) in [5, 5.41) is 0. The van der Waals surface area contributed by atoms with Gasteiger partial charge in [-0.2, -0.15) is 0 Å². The molecule has 0 aromatic heterocycles. The van der Waals surface area contributed by atoms with Crippen molar-refractivity contribution in [3.63, 3.8) is 0 Å². The van der Waals surface area contributed by atoms with Crippen LogP contribution >= 0.6 is 0 Å². The summed E-state index contributed by atoms with van der Waals surface area (Å²) in [5.41, 5.74) is 1.17. The van der Waals surface area contributed by atoms with E-state index in [2.05, 4.69) is 18.5 Å². The first kappa shape index (κ1) is 10.2. The van der Waals surface area contributed by atoms with Gasteiger partial charge in [0.1, 0.15) is 0 Å². The Hall–Kier alpha value is -0.850. The highest BCUT2D eigenvalue weighted by atomic mass is 14.7. The molecule has 0 aromatic rings. The molecular formula is C10H17N. The van der Waals surface area contributed by atoms with Crippen LogP contribution in [0.3, 0.4) is 0 Å². The monoisotopic (exact) mass is 151 g/mol. The zero-order valence-electron chi connectivity index (χ0n) is 7.51. The van der Waals surface area contributed by atoms with Crippen LogP contribution in [0.1, 0.15) is 33.1 Å². The van der Waals surface area contributed by atoms with E-state index in [1.165, 1.54) is 5.57 Å². The van der Waals surface area contributed by atoms with Gasteiger partial charge in [0.2, 0.25) is 0 Å². The second-order valence-electron chi connectivity index (χ2n) is 2.67. The fourth-order valence-electron chi connectivity index (χ4n) is 0.579. The third kappa shape index (κ3) is 9.15. The highest BCUT2D eigenvalue weighted by Crippen LogP contribution is 1.95. The standard InChI is InChI=1S/C10H17N/c1-4-5-8-11-9-6-7-10(2)3/h6,8-9H,2,4-5,7H2,1,3H3/b9-6-,11-8+. The summed E-state index contributed by atoms with van der Waals surface area (Å²) in [7, 11) is 0. The van der Waals surface area contributed by atoms with E-state index in [0.29, 0.717) is 0 Å². The van der Waals surface area contributed by atoms with Crippen molar-refractivity contribution in [2.24, 2.45) is 4.99 Å². The highest BCUT2D eigenvalue weighted by molar-refractivity contribution is 5.57. The summed E-state index contributed by atoms with van der Waals surface area (Å²) in [6.45, 7) is 7.94. The minimum atomic E-state index is 0.934. The average molecular weight is 151 g/mol. The second kappa shape index (κ2) is 7.26. The van der Waals surface area contributed by atoms with E-state index in [0.717, 1.165) is 19.3 Å². The summed E-state index contributed by atoms with van der Waals surface area (Å²) in [6.07, 6.45) is 8.96. The van der Waals surface area contributed by atoms with Crippen molar-refractivity contribution in [2.45, 2.75) is 33.1 Å². The zero-order chi connectivity index (χ0) is 8.53. The van der Waals surface area contributed by atoms with Crippen molar-refractivity contribution < 1.29 is 0 Å². The number of allylic oxidation sites excluding steroid dienone is 2. The number of aliphatic imine (C=N–C) groups is 1. The van der Waals surface area contributed by atoms with Gasteiger partial charge >= 0.3 is 0 Å². The average Bonchev–Trinajstić information content (AvgIpc) is 1.96. The van der Waals surface area contributed by atoms with Crippen LogP contribution in [-0.4, -0.2) is 6.21 Å². The Bertz CT molecular complexity index is 154. The number of rotatable bonds is 5. The van der Waals surface area contributed by atoms with Crippen molar-refractivity contribution >= 4 is 6.21 Å². The van der Waals surface area contributed by atoms with E-state index in [1.807, 2.05) is 25.4 Å². The van der Waals surface area contributed by atoms with Gasteiger partial charge in [-0.1, -0.05) is 31.6 Å². The maximum atomic E-state index is 4.09. The zero-order valence-corrected chi connectivity index (χ0v) is 7.51. The molecule has 0 aromatic carbocycles. The molecule has 0 bridgehead atoms. The number of nitrogens with zero attached hydrogens (tertiary/aromatic N) is 1. The molecule has 0 fully saturated rings. The molecular weight excluding hydrogens is 134 g/mol. The molecule has 0 radical (unpaired) electrons. The molecule has 11 heavy (non-hydrogen) atoms. The molecule has 62 valence electrons. The van der Waals surface area contributed by atoms with Crippen LogP contribution in [0.15, 0.2) is 29.4 Å². The first-order valence-corrected chi connectivity index (χ1v) is 4.08. The third-order valence-corrected chi connectivity index (χ3v) is 1.18. The Kier molecular flexibility index (Phi) is 6.70. The maximum absolute atomic E-state index is 4.09. The van der Waals surface area contributed by atoms with Crippen LogP contribution in [0.2, 0.25) is 0 Å². The first-order valence-electron chi connectivity index (χ1n) is 4.08. The van der Waals surface area contributed by atoms with Gasteiger partial charge in [-0.25, -0.2) is 0 Å². The summed E-state index contributed by atoms with van der Waals surface area (Å²) < 4.78 is 0. The number of unbranched alkanes of at least 4 members (excludes halogenated alkanes) is 1. The molecule has 1 heteroatoms. The topological polar surface area (TPSA) is 12.4 Å². The van der Waals surface area contributed by atoms with E-state index in [4.69, 9.17) is 0 Å². The molecule has 0 atom stereocenters. The van der Waals surface area contributed by atoms with Crippen molar-refractivity contribution in [1.82, 2.24) is 0 Å². The summed E-state index contributed by atoms with van der Waals surface area (Å²) in [6, 6.07) is 0. The van der Waals surface area contributed by atoms with Crippen LogP contribution in [0.25, 0.3) is 0 Å². The molecule has 1 nitrogen and oxygen atoms in total. The lowest BCUT2D eigenvalue weighted by Crippen LogP contribution is -1.70. The largest absolute Gasteiger partial charge is 0.269 e.